The van der Waals surface area contributed by atoms with Crippen LogP contribution in [0.25, 0.3) is 0 Å². The van der Waals surface area contributed by atoms with Crippen LogP contribution >= 0.6 is 0 Å². The molecular weight excluding hydrogens is 1010 g/mol. The molecule has 6 nitrogen and oxygen atoms in total. The standard InChI is InChI=1S/C76H140O6/c1-4-7-10-13-16-18-20-22-24-26-28-30-32-34-36-37-38-40-41-43-45-47-49-51-53-55-57-60-63-66-69-75(78)81-72-73(71-80-74(77)68-65-62-59-15-12-9-6-3)82-76(79)70-67-64-61-58-56-54-52-50-48-46-44-42-39-35-33-31-29-27-25-23-21-19-17-14-11-8-5-2/h8,11,17,19,23,25,29,31,73H,4-7,9-10,12-16,18,20-22,24,26-28,30,32-72H2,1-3H3/b11-8-,19-17-,25-23-,31-29-. The highest BCUT2D eigenvalue weighted by atomic mass is 16.6. The van der Waals surface area contributed by atoms with Gasteiger partial charge in [-0.2, -0.15) is 0 Å². The van der Waals surface area contributed by atoms with Crippen LogP contribution in [0.5, 0.6) is 0 Å². The lowest BCUT2D eigenvalue weighted by molar-refractivity contribution is -0.167. The van der Waals surface area contributed by atoms with Crippen molar-refractivity contribution in [2.75, 3.05) is 13.2 Å². The Morgan fingerprint density at radius 2 is 0.476 bits per heavy atom. The highest BCUT2D eigenvalue weighted by molar-refractivity contribution is 5.71. The SMILES string of the molecule is CC/C=C\C/C=C\C/C=C\C/C=C\CCCCCCCCCCCCCCCCC(=O)OC(COC(=O)CCCCCCCCC)COC(=O)CCCCCCCCCCCCCCCCCCCCCCCCCCCCCCCC. The first-order valence-corrected chi connectivity index (χ1v) is 36.6. The number of hydrogen-bond donors (Lipinski definition) is 0. The predicted octanol–water partition coefficient (Wildman–Crippen LogP) is 25.3. The zero-order chi connectivity index (χ0) is 59.2. The van der Waals surface area contributed by atoms with E-state index >= 15 is 0 Å². The molecule has 0 amide bonds. The van der Waals surface area contributed by atoms with Crippen molar-refractivity contribution in [3.63, 3.8) is 0 Å². The number of esters is 3. The Morgan fingerprint density at radius 3 is 0.744 bits per heavy atom. The molecule has 82 heavy (non-hydrogen) atoms. The maximum absolute atomic E-state index is 12.9. The molecule has 1 atom stereocenters. The largest absolute Gasteiger partial charge is 0.462 e. The van der Waals surface area contributed by atoms with Gasteiger partial charge in [-0.05, 0) is 57.8 Å². The highest BCUT2D eigenvalue weighted by Crippen LogP contribution is 2.19. The quantitative estimate of drug-likeness (QED) is 0.0261. The maximum atomic E-state index is 12.9. The monoisotopic (exact) mass is 1150 g/mol. The van der Waals surface area contributed by atoms with E-state index in [0.29, 0.717) is 19.3 Å². The Hall–Kier alpha value is -2.63. The van der Waals surface area contributed by atoms with Gasteiger partial charge in [0.2, 0.25) is 0 Å². The zero-order valence-electron chi connectivity index (χ0n) is 55.3. The van der Waals surface area contributed by atoms with Crippen LogP contribution in [0.3, 0.4) is 0 Å². The van der Waals surface area contributed by atoms with Crippen molar-refractivity contribution in [2.45, 2.75) is 406 Å². The third kappa shape index (κ3) is 68.2. The van der Waals surface area contributed by atoms with Gasteiger partial charge in [0.1, 0.15) is 13.2 Å². The number of hydrogen-bond acceptors (Lipinski definition) is 6. The molecule has 480 valence electrons. The summed E-state index contributed by atoms with van der Waals surface area (Å²) in [4.78, 5) is 38.2. The summed E-state index contributed by atoms with van der Waals surface area (Å²) in [5.74, 6) is -0.849. The second-order valence-corrected chi connectivity index (χ2v) is 24.8. The third-order valence-electron chi connectivity index (χ3n) is 16.6. The molecule has 0 bridgehead atoms. The summed E-state index contributed by atoms with van der Waals surface area (Å²) in [5.41, 5.74) is 0. The van der Waals surface area contributed by atoms with Crippen LogP contribution in [0.1, 0.15) is 400 Å². The molecule has 0 rings (SSSR count). The van der Waals surface area contributed by atoms with Gasteiger partial charge in [0.05, 0.1) is 0 Å². The third-order valence-corrected chi connectivity index (χ3v) is 16.6. The molecule has 0 heterocycles. The van der Waals surface area contributed by atoms with Crippen LogP contribution in [0, 0.1) is 0 Å². The number of allylic oxidation sites excluding steroid dienone is 8. The fraction of sp³-hybridized carbons (Fsp3) is 0.855. The fourth-order valence-electron chi connectivity index (χ4n) is 11.1. The Bertz CT molecular complexity index is 1410. The Kier molecular flexibility index (Phi) is 68.6. The second kappa shape index (κ2) is 70.9. The van der Waals surface area contributed by atoms with E-state index in [0.717, 1.165) is 83.5 Å². The van der Waals surface area contributed by atoms with Crippen LogP contribution in [-0.2, 0) is 28.6 Å². The predicted molar refractivity (Wildman–Crippen MR) is 358 cm³/mol. The van der Waals surface area contributed by atoms with Crippen LogP contribution in [0.2, 0.25) is 0 Å². The van der Waals surface area contributed by atoms with Crippen LogP contribution in [0.15, 0.2) is 48.6 Å². The average molecular weight is 1150 g/mol. The van der Waals surface area contributed by atoms with Crippen LogP contribution in [0.4, 0.5) is 0 Å². The van der Waals surface area contributed by atoms with Gasteiger partial charge >= 0.3 is 17.9 Å². The molecule has 0 N–H and O–H groups in total. The van der Waals surface area contributed by atoms with Crippen molar-refractivity contribution in [3.8, 4) is 0 Å². The molecule has 0 saturated heterocycles. The van der Waals surface area contributed by atoms with Gasteiger partial charge in [-0.3, -0.25) is 14.4 Å². The summed E-state index contributed by atoms with van der Waals surface area (Å²) in [6.45, 7) is 6.56. The van der Waals surface area contributed by atoms with Gasteiger partial charge in [-0.15, -0.1) is 0 Å². The van der Waals surface area contributed by atoms with Crippen molar-refractivity contribution >= 4 is 17.9 Å². The summed E-state index contributed by atoms with van der Waals surface area (Å²) < 4.78 is 16.9. The topological polar surface area (TPSA) is 78.9 Å². The molecule has 0 spiro atoms. The Morgan fingerprint density at radius 1 is 0.256 bits per heavy atom. The van der Waals surface area contributed by atoms with Crippen LogP contribution in [-0.4, -0.2) is 37.2 Å². The first-order chi connectivity index (χ1) is 40.5. The molecule has 0 aliphatic carbocycles. The van der Waals surface area contributed by atoms with Crippen molar-refractivity contribution < 1.29 is 28.6 Å². The van der Waals surface area contributed by atoms with E-state index in [1.807, 2.05) is 0 Å². The summed E-state index contributed by atoms with van der Waals surface area (Å²) in [6, 6.07) is 0. The minimum atomic E-state index is -0.769. The van der Waals surface area contributed by atoms with E-state index in [1.54, 1.807) is 0 Å². The Balaban J connectivity index is 3.99. The number of ether oxygens (including phenoxy) is 3. The molecule has 0 saturated carbocycles. The molecule has 0 aromatic heterocycles. The molecule has 0 aromatic rings. The molecule has 0 fully saturated rings. The van der Waals surface area contributed by atoms with Crippen LogP contribution < -0.4 is 0 Å². The van der Waals surface area contributed by atoms with Crippen molar-refractivity contribution in [1.29, 1.82) is 0 Å². The first kappa shape index (κ1) is 79.4. The first-order valence-electron chi connectivity index (χ1n) is 36.6. The lowest BCUT2D eigenvalue weighted by Crippen LogP contribution is -2.30. The van der Waals surface area contributed by atoms with E-state index in [4.69, 9.17) is 14.2 Å². The van der Waals surface area contributed by atoms with Gasteiger partial charge in [-0.25, -0.2) is 0 Å². The van der Waals surface area contributed by atoms with Gasteiger partial charge < -0.3 is 14.2 Å². The lowest BCUT2D eigenvalue weighted by atomic mass is 10.0. The number of unbranched alkanes of at least 4 members (excludes halogenated alkanes) is 49. The molecular formula is C76H140O6. The second-order valence-electron chi connectivity index (χ2n) is 24.8. The number of rotatable bonds is 68. The van der Waals surface area contributed by atoms with Crippen molar-refractivity contribution in [1.82, 2.24) is 0 Å². The summed E-state index contributed by atoms with van der Waals surface area (Å²) in [6.07, 6.45) is 90.5. The highest BCUT2D eigenvalue weighted by Gasteiger charge is 2.19. The van der Waals surface area contributed by atoms with Crippen molar-refractivity contribution in [2.24, 2.45) is 0 Å². The van der Waals surface area contributed by atoms with Gasteiger partial charge in [0, 0.05) is 19.3 Å². The molecule has 0 radical (unpaired) electrons. The maximum Gasteiger partial charge on any atom is 0.306 e. The molecule has 0 aliphatic rings. The van der Waals surface area contributed by atoms with Gasteiger partial charge in [0.25, 0.3) is 0 Å². The smallest absolute Gasteiger partial charge is 0.306 e. The van der Waals surface area contributed by atoms with E-state index in [-0.39, 0.29) is 31.1 Å². The average Bonchev–Trinajstić information content (AvgIpc) is 3.48. The summed E-state index contributed by atoms with van der Waals surface area (Å²) >= 11 is 0. The molecule has 6 heteroatoms. The van der Waals surface area contributed by atoms with E-state index in [9.17, 15) is 14.4 Å². The Labute approximate surface area is 511 Å². The summed E-state index contributed by atoms with van der Waals surface area (Å²) in [7, 11) is 0. The summed E-state index contributed by atoms with van der Waals surface area (Å²) in [5, 5.41) is 0. The molecule has 1 unspecified atom stereocenters. The number of carbonyl (C=O) groups excluding carboxylic acids is 3. The van der Waals surface area contributed by atoms with Gasteiger partial charge in [-0.1, -0.05) is 371 Å². The van der Waals surface area contributed by atoms with E-state index in [1.165, 1.54) is 276 Å². The van der Waals surface area contributed by atoms with Crippen molar-refractivity contribution in [3.05, 3.63) is 48.6 Å². The minimum absolute atomic E-state index is 0.0673. The molecule has 0 aromatic carbocycles. The normalized spacial score (nSPS) is 12.3. The minimum Gasteiger partial charge on any atom is -0.462 e. The lowest BCUT2D eigenvalue weighted by Gasteiger charge is -2.18. The number of carbonyl (C=O) groups is 3. The van der Waals surface area contributed by atoms with E-state index < -0.39 is 6.10 Å². The zero-order valence-corrected chi connectivity index (χ0v) is 55.3. The fourth-order valence-corrected chi connectivity index (χ4v) is 11.1. The van der Waals surface area contributed by atoms with E-state index in [2.05, 4.69) is 69.4 Å². The van der Waals surface area contributed by atoms with Gasteiger partial charge in [0.15, 0.2) is 6.10 Å². The molecule has 0 aliphatic heterocycles.